The van der Waals surface area contributed by atoms with Crippen LogP contribution in [0.25, 0.3) is 0 Å². The fraction of sp³-hybridized carbons (Fsp3) is 0.429. The van der Waals surface area contributed by atoms with Gasteiger partial charge in [0.2, 0.25) is 11.8 Å². The van der Waals surface area contributed by atoms with Gasteiger partial charge in [0.15, 0.2) is 0 Å². The number of nitrogens with one attached hydrogen (secondary N) is 2. The smallest absolute Gasteiger partial charge is 0.241 e. The van der Waals surface area contributed by atoms with Crippen molar-refractivity contribution in [1.29, 1.82) is 0 Å². The zero-order valence-corrected chi connectivity index (χ0v) is 12.4. The zero-order valence-electron chi connectivity index (χ0n) is 11.6. The first-order valence-corrected chi connectivity index (χ1v) is 6.46. The second-order valence-electron chi connectivity index (χ2n) is 5.18. The molecule has 0 saturated carbocycles. The van der Waals surface area contributed by atoms with Crippen molar-refractivity contribution in [2.75, 3.05) is 10.6 Å². The van der Waals surface area contributed by atoms with Gasteiger partial charge in [0.25, 0.3) is 0 Å². The zero-order chi connectivity index (χ0) is 14.0. The molecular formula is C14H20ClN3O2. The SMILES string of the molecule is CC(C)[C@@H](N)C(=O)Nc1ccc2c(c1)CCC(=O)N2.Cl. The topological polar surface area (TPSA) is 84.2 Å². The quantitative estimate of drug-likeness (QED) is 0.797. The Labute approximate surface area is 124 Å². The number of amides is 2. The van der Waals surface area contributed by atoms with E-state index in [2.05, 4.69) is 10.6 Å². The summed E-state index contributed by atoms with van der Waals surface area (Å²) in [6.45, 7) is 3.82. The molecule has 1 aliphatic heterocycles. The standard InChI is InChI=1S/C14H19N3O2.ClH/c1-8(2)13(15)14(19)16-10-4-5-11-9(7-10)3-6-12(18)17-11;/h4-5,7-8,13H,3,6,15H2,1-2H3,(H,16,19)(H,17,18);1H/t13-;/m1./s1. The minimum Gasteiger partial charge on any atom is -0.326 e. The average molecular weight is 298 g/mol. The lowest BCUT2D eigenvalue weighted by Gasteiger charge is -2.19. The van der Waals surface area contributed by atoms with Crippen LogP contribution < -0.4 is 16.4 Å². The number of anilines is 2. The molecule has 4 N–H and O–H groups in total. The van der Waals surface area contributed by atoms with Gasteiger partial charge in [-0.25, -0.2) is 0 Å². The molecule has 1 heterocycles. The summed E-state index contributed by atoms with van der Waals surface area (Å²) in [6, 6.07) is 4.95. The van der Waals surface area contributed by atoms with Gasteiger partial charge < -0.3 is 16.4 Å². The van der Waals surface area contributed by atoms with Crippen LogP contribution in [0.1, 0.15) is 25.8 Å². The van der Waals surface area contributed by atoms with Crippen molar-refractivity contribution < 1.29 is 9.59 Å². The Morgan fingerprint density at radius 1 is 1.35 bits per heavy atom. The minimum atomic E-state index is -0.518. The van der Waals surface area contributed by atoms with E-state index < -0.39 is 6.04 Å². The molecule has 0 saturated heterocycles. The van der Waals surface area contributed by atoms with Gasteiger partial charge in [0, 0.05) is 17.8 Å². The van der Waals surface area contributed by atoms with Crippen LogP contribution in [-0.4, -0.2) is 17.9 Å². The lowest BCUT2D eigenvalue weighted by Crippen LogP contribution is -2.39. The summed E-state index contributed by atoms with van der Waals surface area (Å²) in [7, 11) is 0. The number of halogens is 1. The number of hydrogen-bond donors (Lipinski definition) is 3. The molecule has 0 unspecified atom stereocenters. The van der Waals surface area contributed by atoms with E-state index in [1.54, 1.807) is 6.07 Å². The molecule has 0 aromatic heterocycles. The van der Waals surface area contributed by atoms with E-state index in [0.717, 1.165) is 16.9 Å². The van der Waals surface area contributed by atoms with Crippen LogP contribution in [0.2, 0.25) is 0 Å². The highest BCUT2D eigenvalue weighted by Gasteiger charge is 2.19. The number of fused-ring (bicyclic) bond motifs is 1. The second-order valence-corrected chi connectivity index (χ2v) is 5.18. The minimum absolute atomic E-state index is 0. The van der Waals surface area contributed by atoms with Gasteiger partial charge in [-0.1, -0.05) is 13.8 Å². The van der Waals surface area contributed by atoms with Crippen molar-refractivity contribution in [2.45, 2.75) is 32.7 Å². The monoisotopic (exact) mass is 297 g/mol. The normalized spacial score (nSPS) is 14.9. The van der Waals surface area contributed by atoms with E-state index in [1.165, 1.54) is 0 Å². The van der Waals surface area contributed by atoms with Crippen LogP contribution in [0.15, 0.2) is 18.2 Å². The predicted octanol–water partition coefficient (Wildman–Crippen LogP) is 1.91. The third kappa shape index (κ3) is 3.71. The third-order valence-electron chi connectivity index (χ3n) is 3.29. The van der Waals surface area contributed by atoms with Crippen LogP contribution in [0.4, 0.5) is 11.4 Å². The van der Waals surface area contributed by atoms with Crippen LogP contribution in [-0.2, 0) is 16.0 Å². The van der Waals surface area contributed by atoms with Gasteiger partial charge in [-0.05, 0) is 36.1 Å². The Kier molecular flexibility index (Phi) is 5.53. The fourth-order valence-electron chi connectivity index (χ4n) is 1.99. The van der Waals surface area contributed by atoms with Gasteiger partial charge in [-0.3, -0.25) is 9.59 Å². The van der Waals surface area contributed by atoms with E-state index in [-0.39, 0.29) is 30.1 Å². The van der Waals surface area contributed by atoms with Crippen LogP contribution in [0.3, 0.4) is 0 Å². The maximum atomic E-state index is 11.9. The van der Waals surface area contributed by atoms with Crippen LogP contribution >= 0.6 is 12.4 Å². The first-order valence-electron chi connectivity index (χ1n) is 6.46. The molecule has 1 aliphatic rings. The molecule has 0 radical (unpaired) electrons. The Morgan fingerprint density at radius 3 is 2.70 bits per heavy atom. The van der Waals surface area contributed by atoms with Gasteiger partial charge in [0.1, 0.15) is 0 Å². The number of carbonyl (C=O) groups is 2. The third-order valence-corrected chi connectivity index (χ3v) is 3.29. The Bertz CT molecular complexity index is 517. The molecule has 5 nitrogen and oxygen atoms in total. The first kappa shape index (κ1) is 16.5. The molecule has 0 bridgehead atoms. The molecule has 6 heteroatoms. The maximum absolute atomic E-state index is 11.9. The van der Waals surface area contributed by atoms with Crippen molar-refractivity contribution in [1.82, 2.24) is 0 Å². The molecule has 2 rings (SSSR count). The van der Waals surface area contributed by atoms with Crippen molar-refractivity contribution in [2.24, 2.45) is 11.7 Å². The van der Waals surface area contributed by atoms with Gasteiger partial charge >= 0.3 is 0 Å². The highest BCUT2D eigenvalue weighted by Crippen LogP contribution is 2.25. The van der Waals surface area contributed by atoms with Crippen LogP contribution in [0.5, 0.6) is 0 Å². The summed E-state index contributed by atoms with van der Waals surface area (Å²) in [5.74, 6) is -0.0576. The molecule has 0 spiro atoms. The summed E-state index contributed by atoms with van der Waals surface area (Å²) >= 11 is 0. The van der Waals surface area contributed by atoms with E-state index in [9.17, 15) is 9.59 Å². The predicted molar refractivity (Wildman–Crippen MR) is 82.1 cm³/mol. The number of aryl methyl sites for hydroxylation is 1. The number of hydrogen-bond acceptors (Lipinski definition) is 3. The highest BCUT2D eigenvalue weighted by molar-refractivity contribution is 5.97. The van der Waals surface area contributed by atoms with Gasteiger partial charge in [-0.15, -0.1) is 12.4 Å². The summed E-state index contributed by atoms with van der Waals surface area (Å²) < 4.78 is 0. The van der Waals surface area contributed by atoms with Crippen molar-refractivity contribution in [3.05, 3.63) is 23.8 Å². The fourth-order valence-corrected chi connectivity index (χ4v) is 1.99. The molecule has 110 valence electrons. The molecular weight excluding hydrogens is 278 g/mol. The number of benzene rings is 1. The average Bonchev–Trinajstić information content (AvgIpc) is 2.37. The molecule has 1 aromatic carbocycles. The van der Waals surface area contributed by atoms with Gasteiger partial charge in [0.05, 0.1) is 6.04 Å². The van der Waals surface area contributed by atoms with E-state index in [1.807, 2.05) is 26.0 Å². The lowest BCUT2D eigenvalue weighted by molar-refractivity contribution is -0.118. The highest BCUT2D eigenvalue weighted by atomic mass is 35.5. The number of nitrogens with two attached hydrogens (primary N) is 1. The number of rotatable bonds is 3. The molecule has 2 amide bonds. The van der Waals surface area contributed by atoms with Crippen molar-refractivity contribution >= 4 is 35.6 Å². The molecule has 1 aromatic rings. The van der Waals surface area contributed by atoms with E-state index in [4.69, 9.17) is 5.73 Å². The number of carbonyl (C=O) groups excluding carboxylic acids is 2. The van der Waals surface area contributed by atoms with E-state index >= 15 is 0 Å². The first-order chi connectivity index (χ1) is 8.97. The Balaban J connectivity index is 0.00000200. The summed E-state index contributed by atoms with van der Waals surface area (Å²) in [6.07, 6.45) is 1.18. The largest absolute Gasteiger partial charge is 0.326 e. The van der Waals surface area contributed by atoms with Gasteiger partial charge in [-0.2, -0.15) is 0 Å². The summed E-state index contributed by atoms with van der Waals surface area (Å²) in [5, 5.41) is 5.61. The molecule has 0 fully saturated rings. The Hall–Kier alpha value is -1.59. The lowest BCUT2D eigenvalue weighted by atomic mass is 10.0. The summed E-state index contributed by atoms with van der Waals surface area (Å²) in [5.41, 5.74) is 8.37. The molecule has 20 heavy (non-hydrogen) atoms. The Morgan fingerprint density at radius 2 is 2.05 bits per heavy atom. The molecule has 0 aliphatic carbocycles. The van der Waals surface area contributed by atoms with Crippen molar-refractivity contribution in [3.8, 4) is 0 Å². The molecule has 1 atom stereocenters. The van der Waals surface area contributed by atoms with E-state index in [0.29, 0.717) is 12.8 Å². The summed E-state index contributed by atoms with van der Waals surface area (Å²) in [4.78, 5) is 23.1. The maximum Gasteiger partial charge on any atom is 0.241 e. The van der Waals surface area contributed by atoms with Crippen LogP contribution in [0, 0.1) is 5.92 Å². The van der Waals surface area contributed by atoms with Crippen molar-refractivity contribution in [3.63, 3.8) is 0 Å². The second kappa shape index (κ2) is 6.72.